The molecule has 1 aromatic heterocycles. The van der Waals surface area contributed by atoms with Crippen molar-refractivity contribution in [3.05, 3.63) is 64.9 Å². The van der Waals surface area contributed by atoms with Crippen molar-refractivity contribution in [1.29, 1.82) is 0 Å². The molecule has 0 radical (unpaired) electrons. The smallest absolute Gasteiger partial charge is 0.477 e. The van der Waals surface area contributed by atoms with E-state index in [1.807, 2.05) is 0 Å². The summed E-state index contributed by atoms with van der Waals surface area (Å²) < 4.78 is 70.9. The van der Waals surface area contributed by atoms with Crippen LogP contribution in [0.25, 0.3) is 11.1 Å². The van der Waals surface area contributed by atoms with Crippen molar-refractivity contribution >= 4 is 74.1 Å². The predicted molar refractivity (Wildman–Crippen MR) is 123 cm³/mol. The van der Waals surface area contributed by atoms with Gasteiger partial charge in [0, 0.05) is 5.56 Å². The van der Waals surface area contributed by atoms with Crippen LogP contribution < -0.4 is 10.1 Å². The van der Waals surface area contributed by atoms with E-state index >= 15 is 8.78 Å². The average molecular weight is 695 g/mol. The highest BCUT2D eigenvalue weighted by molar-refractivity contribution is 14.1. The van der Waals surface area contributed by atoms with E-state index in [1.54, 1.807) is 0 Å². The first-order valence-electron chi connectivity index (χ1n) is 8.25. The van der Waals surface area contributed by atoms with Crippen LogP contribution >= 0.6 is 56.5 Å². The van der Waals surface area contributed by atoms with Crippen LogP contribution in [0.1, 0.15) is 20.0 Å². The maximum atomic E-state index is 15.2. The molecule has 0 saturated carbocycles. The van der Waals surface area contributed by atoms with E-state index in [-0.39, 0.29) is 28.7 Å². The second kappa shape index (κ2) is 9.46. The minimum atomic E-state index is -4.96. The Morgan fingerprint density at radius 3 is 2.38 bits per heavy atom. The van der Waals surface area contributed by atoms with Gasteiger partial charge in [-0.15, -0.1) is 24.5 Å². The van der Waals surface area contributed by atoms with Gasteiger partial charge in [-0.25, -0.2) is 13.6 Å². The van der Waals surface area contributed by atoms with Crippen molar-refractivity contribution in [2.24, 2.45) is 0 Å². The number of carboxylic acid groups (broad SMARTS) is 1. The zero-order chi connectivity index (χ0) is 23.8. The second-order valence-electron chi connectivity index (χ2n) is 6.00. The van der Waals surface area contributed by atoms with E-state index in [4.69, 9.17) is 5.11 Å². The largest absolute Gasteiger partial charge is 0.573 e. The van der Waals surface area contributed by atoms with Gasteiger partial charge in [0.1, 0.15) is 16.4 Å². The number of thiophene rings is 1. The first-order chi connectivity index (χ1) is 14.9. The molecule has 168 valence electrons. The molecule has 32 heavy (non-hydrogen) atoms. The number of hydrogen-bond acceptors (Lipinski definition) is 4. The number of halogens is 7. The molecule has 1 heterocycles. The number of amides is 1. The first kappa shape index (κ1) is 24.6. The van der Waals surface area contributed by atoms with Crippen LogP contribution in [0, 0.1) is 18.8 Å². The van der Waals surface area contributed by atoms with Gasteiger partial charge in [-0.1, -0.05) is 12.1 Å². The molecule has 0 aliphatic rings. The summed E-state index contributed by atoms with van der Waals surface area (Å²) in [4.78, 5) is 23.4. The Kier molecular flexibility index (Phi) is 7.28. The third-order valence-corrected chi connectivity index (χ3v) is 6.89. The monoisotopic (exact) mass is 695 g/mol. The van der Waals surface area contributed by atoms with E-state index in [2.05, 4.69) is 10.1 Å². The Balaban J connectivity index is 2.04. The quantitative estimate of drug-likeness (QED) is 0.176. The van der Waals surface area contributed by atoms with Crippen molar-refractivity contribution in [1.82, 2.24) is 0 Å². The standard InChI is InChI=1S/C19H8F5I2NO4S/c20-11-10(7-2-1-3-8(6-7)31-19(22,23)24)13(25)12(21)15(14(11)26)27-17(28)9-4-5-32-16(9)18(29)30/h1-6H,(H,27,28)(H,29,30). The van der Waals surface area contributed by atoms with Gasteiger partial charge in [0.25, 0.3) is 5.91 Å². The predicted octanol–water partition coefficient (Wildman–Crippen LogP) is 6.75. The molecule has 13 heteroatoms. The highest BCUT2D eigenvalue weighted by Crippen LogP contribution is 2.39. The van der Waals surface area contributed by atoms with Crippen molar-refractivity contribution in [3.8, 4) is 16.9 Å². The van der Waals surface area contributed by atoms with Gasteiger partial charge < -0.3 is 15.2 Å². The maximum Gasteiger partial charge on any atom is 0.573 e. The molecule has 0 bridgehead atoms. The number of aromatic carboxylic acids is 1. The van der Waals surface area contributed by atoms with Crippen LogP contribution in [0.2, 0.25) is 0 Å². The Bertz CT molecular complexity index is 1200. The molecule has 0 saturated heterocycles. The maximum absolute atomic E-state index is 15.2. The van der Waals surface area contributed by atoms with Gasteiger partial charge in [0.2, 0.25) is 0 Å². The van der Waals surface area contributed by atoms with E-state index in [0.717, 1.165) is 23.5 Å². The normalized spacial score (nSPS) is 11.3. The van der Waals surface area contributed by atoms with Crippen molar-refractivity contribution in [2.75, 3.05) is 5.32 Å². The highest BCUT2D eigenvalue weighted by atomic mass is 127. The van der Waals surface area contributed by atoms with E-state index in [1.165, 1.54) is 68.8 Å². The van der Waals surface area contributed by atoms with Crippen LogP contribution in [0.5, 0.6) is 5.75 Å². The molecule has 2 N–H and O–H groups in total. The summed E-state index contributed by atoms with van der Waals surface area (Å²) in [6.45, 7) is 0. The molecule has 0 fully saturated rings. The van der Waals surface area contributed by atoms with Crippen LogP contribution in [0.3, 0.4) is 0 Å². The Hall–Kier alpha value is -2.01. The molecular formula is C19H8F5I2NO4S. The van der Waals surface area contributed by atoms with Crippen molar-refractivity contribution < 1.29 is 41.4 Å². The average Bonchev–Trinajstić information content (AvgIpc) is 3.19. The lowest BCUT2D eigenvalue weighted by molar-refractivity contribution is -0.274. The second-order valence-corrected chi connectivity index (χ2v) is 9.08. The third-order valence-electron chi connectivity index (χ3n) is 3.96. The van der Waals surface area contributed by atoms with E-state index in [9.17, 15) is 22.8 Å². The fourth-order valence-corrected chi connectivity index (χ4v) is 4.87. The summed E-state index contributed by atoms with van der Waals surface area (Å²) in [5.41, 5.74) is -1.14. The number of rotatable bonds is 5. The minimum Gasteiger partial charge on any atom is -0.477 e. The summed E-state index contributed by atoms with van der Waals surface area (Å²) >= 11 is 3.71. The van der Waals surface area contributed by atoms with Crippen LogP contribution in [0.4, 0.5) is 27.6 Å². The van der Waals surface area contributed by atoms with E-state index < -0.39 is 41.3 Å². The van der Waals surface area contributed by atoms with Crippen molar-refractivity contribution in [2.45, 2.75) is 6.36 Å². The Morgan fingerprint density at radius 2 is 1.75 bits per heavy atom. The van der Waals surface area contributed by atoms with Crippen molar-refractivity contribution in [3.63, 3.8) is 0 Å². The molecule has 1 amide bonds. The summed E-state index contributed by atoms with van der Waals surface area (Å²) in [5, 5.41) is 12.7. The number of ether oxygens (including phenoxy) is 1. The summed E-state index contributed by atoms with van der Waals surface area (Å²) in [6.07, 6.45) is -4.96. The molecule has 3 rings (SSSR count). The molecule has 0 unspecified atom stereocenters. The number of benzene rings is 2. The van der Waals surface area contributed by atoms with Gasteiger partial charge >= 0.3 is 12.3 Å². The third kappa shape index (κ3) is 5.14. The number of nitrogens with one attached hydrogen (secondary N) is 1. The number of carbonyl (C=O) groups excluding carboxylic acids is 1. The molecule has 2 aromatic carbocycles. The van der Waals surface area contributed by atoms with Gasteiger partial charge in [0.05, 0.1) is 18.4 Å². The van der Waals surface area contributed by atoms with Crippen LogP contribution in [0.15, 0.2) is 35.7 Å². The number of anilines is 1. The number of carboxylic acids is 1. The molecule has 3 aromatic rings. The summed E-state index contributed by atoms with van der Waals surface area (Å²) in [6, 6.07) is 5.62. The summed E-state index contributed by atoms with van der Waals surface area (Å²) in [7, 11) is 0. The van der Waals surface area contributed by atoms with Gasteiger partial charge in [-0.2, -0.15) is 0 Å². The first-order valence-corrected chi connectivity index (χ1v) is 11.3. The lowest BCUT2D eigenvalue weighted by Gasteiger charge is -2.16. The van der Waals surface area contributed by atoms with Gasteiger partial charge in [-0.05, 0) is 74.3 Å². The van der Waals surface area contributed by atoms with Gasteiger partial charge in [0.15, 0.2) is 5.82 Å². The van der Waals surface area contributed by atoms with E-state index in [0.29, 0.717) is 0 Å². The molecule has 5 nitrogen and oxygen atoms in total. The van der Waals surface area contributed by atoms with Crippen LogP contribution in [-0.2, 0) is 0 Å². The lowest BCUT2D eigenvalue weighted by atomic mass is 10.0. The number of hydrogen-bond donors (Lipinski definition) is 2. The minimum absolute atomic E-state index is 0.0747. The molecule has 0 aliphatic heterocycles. The number of alkyl halides is 3. The topological polar surface area (TPSA) is 75.6 Å². The molecule has 0 aliphatic carbocycles. The molecule has 0 spiro atoms. The summed E-state index contributed by atoms with van der Waals surface area (Å²) in [5.74, 6) is -4.94. The Morgan fingerprint density at radius 1 is 1.06 bits per heavy atom. The zero-order valence-corrected chi connectivity index (χ0v) is 20.3. The highest BCUT2D eigenvalue weighted by Gasteiger charge is 2.32. The lowest BCUT2D eigenvalue weighted by Crippen LogP contribution is -2.18. The SMILES string of the molecule is O=C(Nc1c(F)c(I)c(-c2cccc(OC(F)(F)F)c2)c(F)c1I)c1ccsc1C(=O)O. The molecular weight excluding hydrogens is 687 g/mol. The number of carbonyl (C=O) groups is 2. The molecule has 0 atom stereocenters. The zero-order valence-electron chi connectivity index (χ0n) is 15.2. The van der Waals surface area contributed by atoms with Crippen LogP contribution in [-0.4, -0.2) is 23.3 Å². The van der Waals surface area contributed by atoms with Gasteiger partial charge in [-0.3, -0.25) is 4.79 Å². The fourth-order valence-electron chi connectivity index (χ4n) is 2.68. The Labute approximate surface area is 207 Å². The fraction of sp³-hybridized carbons (Fsp3) is 0.0526.